The molecule has 1 atom stereocenters. The number of sulfonamides is 1. The third-order valence-electron chi connectivity index (χ3n) is 5.02. The highest BCUT2D eigenvalue weighted by Gasteiger charge is 2.38. The van der Waals surface area contributed by atoms with E-state index < -0.39 is 27.6 Å². The number of carbonyl (C=O) groups is 2. The summed E-state index contributed by atoms with van der Waals surface area (Å²) in [6.45, 7) is 3.31. The molecule has 0 N–H and O–H groups in total. The molecule has 0 spiro atoms. The van der Waals surface area contributed by atoms with Crippen LogP contribution in [0.5, 0.6) is 0 Å². The number of nitrogens with zero attached hydrogens (tertiary/aromatic N) is 3. The summed E-state index contributed by atoms with van der Waals surface area (Å²) in [5.41, 5.74) is 0. The monoisotopic (exact) mass is 401 g/mol. The van der Waals surface area contributed by atoms with Gasteiger partial charge in [0, 0.05) is 45.7 Å². The van der Waals surface area contributed by atoms with Crippen molar-refractivity contribution in [1.82, 2.24) is 14.1 Å². The van der Waals surface area contributed by atoms with Crippen LogP contribution in [0, 0.1) is 17.6 Å². The summed E-state index contributed by atoms with van der Waals surface area (Å²) in [4.78, 5) is 27.3. The number of hydrogen-bond acceptors (Lipinski definition) is 4. The molecule has 0 radical (unpaired) electrons. The Morgan fingerprint density at radius 3 is 2.37 bits per heavy atom. The number of piperazine rings is 1. The second kappa shape index (κ2) is 7.51. The van der Waals surface area contributed by atoms with E-state index in [4.69, 9.17) is 0 Å². The molecule has 7 nitrogen and oxygen atoms in total. The van der Waals surface area contributed by atoms with Crippen molar-refractivity contribution in [2.75, 3.05) is 39.3 Å². The molecule has 2 aliphatic rings. The second-order valence-electron chi connectivity index (χ2n) is 6.64. The molecule has 0 aliphatic carbocycles. The molecular weight excluding hydrogens is 380 g/mol. The predicted octanol–water partition coefficient (Wildman–Crippen LogP) is 0.666. The fraction of sp³-hybridized carbons (Fsp3) is 0.529. The standard InChI is InChI=1S/C17H21F2N3O4S/c1-2-20-11-12(9-16(20)23)17(24)21-5-7-22(8-6-21)27(25,26)13-3-4-14(18)15(19)10-13/h3-4,10,12H,2,5-9,11H2,1H3/t12-/m1/s1. The SMILES string of the molecule is CCN1C[C@H](C(=O)N2CCN(S(=O)(=O)c3ccc(F)c(F)c3)CC2)CC1=O. The van der Waals surface area contributed by atoms with Gasteiger partial charge >= 0.3 is 0 Å². The van der Waals surface area contributed by atoms with Gasteiger partial charge < -0.3 is 9.80 Å². The smallest absolute Gasteiger partial charge is 0.243 e. The summed E-state index contributed by atoms with van der Waals surface area (Å²) >= 11 is 0. The van der Waals surface area contributed by atoms with E-state index in [0.29, 0.717) is 19.2 Å². The molecule has 10 heteroatoms. The number of benzene rings is 1. The molecule has 0 saturated carbocycles. The molecule has 2 saturated heterocycles. The number of carbonyl (C=O) groups excluding carboxylic acids is 2. The zero-order valence-corrected chi connectivity index (χ0v) is 15.7. The fourth-order valence-electron chi connectivity index (χ4n) is 3.44. The van der Waals surface area contributed by atoms with E-state index in [1.54, 1.807) is 9.80 Å². The lowest BCUT2D eigenvalue weighted by Crippen LogP contribution is -2.52. The van der Waals surface area contributed by atoms with Crippen molar-refractivity contribution in [3.8, 4) is 0 Å². The number of hydrogen-bond donors (Lipinski definition) is 0. The van der Waals surface area contributed by atoms with E-state index >= 15 is 0 Å². The van der Waals surface area contributed by atoms with Crippen LogP contribution in [0.15, 0.2) is 23.1 Å². The zero-order valence-electron chi connectivity index (χ0n) is 14.9. The van der Waals surface area contributed by atoms with Crippen molar-refractivity contribution < 1.29 is 26.8 Å². The van der Waals surface area contributed by atoms with E-state index in [9.17, 15) is 26.8 Å². The largest absolute Gasteiger partial charge is 0.342 e. The Bertz CT molecular complexity index is 854. The van der Waals surface area contributed by atoms with Gasteiger partial charge in [0.1, 0.15) is 0 Å². The van der Waals surface area contributed by atoms with Crippen LogP contribution in [0.4, 0.5) is 8.78 Å². The Balaban J connectivity index is 1.64. The first-order chi connectivity index (χ1) is 12.7. The van der Waals surface area contributed by atoms with Crippen molar-refractivity contribution in [2.24, 2.45) is 5.92 Å². The van der Waals surface area contributed by atoms with Gasteiger partial charge in [0.2, 0.25) is 21.8 Å². The van der Waals surface area contributed by atoms with E-state index in [2.05, 4.69) is 0 Å². The van der Waals surface area contributed by atoms with Gasteiger partial charge in [-0.2, -0.15) is 4.31 Å². The second-order valence-corrected chi connectivity index (χ2v) is 8.58. The van der Waals surface area contributed by atoms with Crippen molar-refractivity contribution in [3.63, 3.8) is 0 Å². The zero-order chi connectivity index (χ0) is 19.8. The molecule has 2 aliphatic heterocycles. The van der Waals surface area contributed by atoms with Gasteiger partial charge in [-0.05, 0) is 25.1 Å². The average molecular weight is 401 g/mol. The van der Waals surface area contributed by atoms with Crippen LogP contribution in [-0.4, -0.2) is 73.6 Å². The number of halogens is 2. The predicted molar refractivity (Wildman–Crippen MR) is 92.1 cm³/mol. The lowest BCUT2D eigenvalue weighted by molar-refractivity contribution is -0.137. The van der Waals surface area contributed by atoms with Gasteiger partial charge in [0.05, 0.1) is 10.8 Å². The highest BCUT2D eigenvalue weighted by Crippen LogP contribution is 2.23. The highest BCUT2D eigenvalue weighted by molar-refractivity contribution is 7.89. The molecule has 0 bridgehead atoms. The quantitative estimate of drug-likeness (QED) is 0.743. The maximum Gasteiger partial charge on any atom is 0.243 e. The maximum absolute atomic E-state index is 13.4. The molecule has 1 aromatic rings. The van der Waals surface area contributed by atoms with Crippen LogP contribution in [-0.2, 0) is 19.6 Å². The van der Waals surface area contributed by atoms with Crippen LogP contribution in [0.25, 0.3) is 0 Å². The summed E-state index contributed by atoms with van der Waals surface area (Å²) < 4.78 is 52.7. The topological polar surface area (TPSA) is 78.0 Å². The Hall–Kier alpha value is -2.07. The summed E-state index contributed by atoms with van der Waals surface area (Å²) in [6.07, 6.45) is 0.181. The van der Waals surface area contributed by atoms with Crippen molar-refractivity contribution in [3.05, 3.63) is 29.8 Å². The Kier molecular flexibility index (Phi) is 5.48. The first-order valence-electron chi connectivity index (χ1n) is 8.75. The minimum atomic E-state index is -3.96. The number of rotatable bonds is 4. The van der Waals surface area contributed by atoms with E-state index in [-0.39, 0.29) is 49.3 Å². The molecule has 27 heavy (non-hydrogen) atoms. The van der Waals surface area contributed by atoms with Gasteiger partial charge in [-0.1, -0.05) is 0 Å². The molecule has 3 rings (SSSR count). The Morgan fingerprint density at radius 2 is 1.81 bits per heavy atom. The molecule has 2 fully saturated rings. The van der Waals surface area contributed by atoms with Gasteiger partial charge in [0.15, 0.2) is 11.6 Å². The van der Waals surface area contributed by atoms with Crippen molar-refractivity contribution in [1.29, 1.82) is 0 Å². The molecule has 0 aromatic heterocycles. The lowest BCUT2D eigenvalue weighted by atomic mass is 10.1. The number of likely N-dealkylation sites (tertiary alicyclic amines) is 1. The van der Waals surface area contributed by atoms with Gasteiger partial charge in [0.25, 0.3) is 0 Å². The van der Waals surface area contributed by atoms with E-state index in [1.165, 1.54) is 0 Å². The third kappa shape index (κ3) is 3.81. The molecular formula is C17H21F2N3O4S. The molecule has 1 aromatic carbocycles. The van der Waals surface area contributed by atoms with Crippen LogP contribution in [0.1, 0.15) is 13.3 Å². The molecule has 2 amide bonds. The van der Waals surface area contributed by atoms with Crippen LogP contribution < -0.4 is 0 Å². The summed E-state index contributed by atoms with van der Waals surface area (Å²) in [7, 11) is -3.96. The Labute approximate surface area is 156 Å². The van der Waals surface area contributed by atoms with Crippen LogP contribution in [0.3, 0.4) is 0 Å². The van der Waals surface area contributed by atoms with Crippen LogP contribution in [0.2, 0.25) is 0 Å². The van der Waals surface area contributed by atoms with E-state index in [1.807, 2.05) is 6.92 Å². The van der Waals surface area contributed by atoms with E-state index in [0.717, 1.165) is 16.4 Å². The first-order valence-corrected chi connectivity index (χ1v) is 10.2. The lowest BCUT2D eigenvalue weighted by Gasteiger charge is -2.35. The maximum atomic E-state index is 13.4. The van der Waals surface area contributed by atoms with Crippen LogP contribution >= 0.6 is 0 Å². The van der Waals surface area contributed by atoms with Gasteiger partial charge in [-0.15, -0.1) is 0 Å². The molecule has 2 heterocycles. The van der Waals surface area contributed by atoms with Crippen molar-refractivity contribution in [2.45, 2.75) is 18.2 Å². The summed E-state index contributed by atoms with van der Waals surface area (Å²) in [6, 6.07) is 2.46. The minimum Gasteiger partial charge on any atom is -0.342 e. The molecule has 148 valence electrons. The van der Waals surface area contributed by atoms with Gasteiger partial charge in [-0.25, -0.2) is 17.2 Å². The van der Waals surface area contributed by atoms with Gasteiger partial charge in [-0.3, -0.25) is 9.59 Å². The minimum absolute atomic E-state index is 0.0459. The third-order valence-corrected chi connectivity index (χ3v) is 6.92. The molecule has 0 unspecified atom stereocenters. The Morgan fingerprint density at radius 1 is 1.15 bits per heavy atom. The summed E-state index contributed by atoms with van der Waals surface area (Å²) in [5, 5.41) is 0. The number of amides is 2. The average Bonchev–Trinajstić information content (AvgIpc) is 3.04. The highest BCUT2D eigenvalue weighted by atomic mass is 32.2. The normalized spacial score (nSPS) is 21.7. The fourth-order valence-corrected chi connectivity index (χ4v) is 4.87. The summed E-state index contributed by atoms with van der Waals surface area (Å²) in [5.74, 6) is -2.93. The van der Waals surface area contributed by atoms with Crippen molar-refractivity contribution >= 4 is 21.8 Å². The first kappa shape index (κ1) is 19.7.